The van der Waals surface area contributed by atoms with E-state index in [1.807, 2.05) is 32.0 Å². The Bertz CT molecular complexity index is 715. The summed E-state index contributed by atoms with van der Waals surface area (Å²) in [5, 5.41) is 9.53. The molecule has 0 saturated carbocycles. The molecule has 2 aromatic rings. The molecule has 2 rings (SSSR count). The van der Waals surface area contributed by atoms with Crippen molar-refractivity contribution >= 4 is 6.03 Å². The number of benzene rings is 1. The molecule has 0 aliphatic carbocycles. The zero-order valence-corrected chi connectivity index (χ0v) is 15.7. The van der Waals surface area contributed by atoms with Crippen LogP contribution in [0.1, 0.15) is 43.5 Å². The molecule has 1 aromatic carbocycles. The average molecular weight is 362 g/mol. The van der Waals surface area contributed by atoms with Gasteiger partial charge in [-0.3, -0.25) is 0 Å². The van der Waals surface area contributed by atoms with Crippen molar-refractivity contribution in [3.05, 3.63) is 35.5 Å². The van der Waals surface area contributed by atoms with Crippen molar-refractivity contribution < 1.29 is 18.8 Å². The molecule has 0 atom stereocenters. The number of nitrogens with one attached hydrogen (secondary N) is 2. The molecule has 0 fully saturated rings. The van der Waals surface area contributed by atoms with Crippen molar-refractivity contribution in [2.75, 3.05) is 20.8 Å². The van der Waals surface area contributed by atoms with Crippen molar-refractivity contribution in [1.29, 1.82) is 0 Å². The lowest BCUT2D eigenvalue weighted by Gasteiger charge is -2.11. The van der Waals surface area contributed by atoms with E-state index in [-0.39, 0.29) is 11.9 Å². The number of methoxy groups -OCH3 is 2. The Labute approximate surface area is 153 Å². The van der Waals surface area contributed by atoms with Gasteiger partial charge in [0.15, 0.2) is 17.3 Å². The average Bonchev–Trinajstić information content (AvgIpc) is 3.12. The first-order valence-electron chi connectivity index (χ1n) is 8.58. The molecule has 2 N–H and O–H groups in total. The SMILES string of the molecule is COc1ccc(CNC(=O)NCCCc2nc(C(C)C)no2)cc1OC. The lowest BCUT2D eigenvalue weighted by Crippen LogP contribution is -2.35. The molecule has 0 spiro atoms. The van der Waals surface area contributed by atoms with Crippen LogP contribution in [0, 0.1) is 0 Å². The zero-order valence-electron chi connectivity index (χ0n) is 15.7. The van der Waals surface area contributed by atoms with Crippen LogP contribution in [0.4, 0.5) is 4.79 Å². The summed E-state index contributed by atoms with van der Waals surface area (Å²) < 4.78 is 15.6. The van der Waals surface area contributed by atoms with Gasteiger partial charge in [0, 0.05) is 25.4 Å². The van der Waals surface area contributed by atoms with Gasteiger partial charge in [-0.2, -0.15) is 4.98 Å². The molecule has 0 radical (unpaired) electrons. The Morgan fingerprint density at radius 2 is 1.96 bits per heavy atom. The summed E-state index contributed by atoms with van der Waals surface area (Å²) in [6, 6.07) is 5.29. The minimum Gasteiger partial charge on any atom is -0.493 e. The van der Waals surface area contributed by atoms with Gasteiger partial charge in [-0.05, 0) is 24.1 Å². The Hall–Kier alpha value is -2.77. The third-order valence-corrected chi connectivity index (χ3v) is 3.75. The number of nitrogens with zero attached hydrogens (tertiary/aromatic N) is 2. The fourth-order valence-corrected chi connectivity index (χ4v) is 2.28. The first kappa shape index (κ1) is 19.6. The largest absolute Gasteiger partial charge is 0.493 e. The van der Waals surface area contributed by atoms with E-state index < -0.39 is 0 Å². The van der Waals surface area contributed by atoms with Crippen molar-refractivity contribution in [3.8, 4) is 11.5 Å². The van der Waals surface area contributed by atoms with Crippen LogP contribution in [0.5, 0.6) is 11.5 Å². The summed E-state index contributed by atoms with van der Waals surface area (Å²) in [7, 11) is 3.16. The molecule has 1 heterocycles. The standard InChI is InChI=1S/C18H26N4O4/c1-12(2)17-21-16(26-22-17)6-5-9-19-18(23)20-11-13-7-8-14(24-3)15(10-13)25-4/h7-8,10,12H,5-6,9,11H2,1-4H3,(H2,19,20,23). The van der Waals surface area contributed by atoms with Gasteiger partial charge < -0.3 is 24.6 Å². The Morgan fingerprint density at radius 3 is 2.62 bits per heavy atom. The monoisotopic (exact) mass is 362 g/mol. The summed E-state index contributed by atoms with van der Waals surface area (Å²) in [5.74, 6) is 2.84. The maximum absolute atomic E-state index is 11.9. The number of carbonyl (C=O) groups is 1. The molecule has 0 bridgehead atoms. The predicted octanol–water partition coefficient (Wildman–Crippen LogP) is 2.64. The highest BCUT2D eigenvalue weighted by atomic mass is 16.5. The number of hydrogen-bond donors (Lipinski definition) is 2. The third-order valence-electron chi connectivity index (χ3n) is 3.75. The van der Waals surface area contributed by atoms with E-state index >= 15 is 0 Å². The molecule has 26 heavy (non-hydrogen) atoms. The van der Waals surface area contributed by atoms with Crippen molar-refractivity contribution in [2.45, 2.75) is 39.2 Å². The van der Waals surface area contributed by atoms with Gasteiger partial charge in [0.1, 0.15) is 0 Å². The van der Waals surface area contributed by atoms with Gasteiger partial charge >= 0.3 is 6.03 Å². The van der Waals surface area contributed by atoms with Crippen LogP contribution < -0.4 is 20.1 Å². The second-order valence-corrected chi connectivity index (χ2v) is 6.10. The van der Waals surface area contributed by atoms with E-state index in [0.717, 1.165) is 12.0 Å². The first-order valence-corrected chi connectivity index (χ1v) is 8.58. The highest BCUT2D eigenvalue weighted by molar-refractivity contribution is 5.73. The van der Waals surface area contributed by atoms with Crippen LogP contribution in [-0.4, -0.2) is 36.9 Å². The van der Waals surface area contributed by atoms with Gasteiger partial charge in [-0.1, -0.05) is 25.1 Å². The van der Waals surface area contributed by atoms with Crippen molar-refractivity contribution in [1.82, 2.24) is 20.8 Å². The van der Waals surface area contributed by atoms with Crippen LogP contribution in [0.25, 0.3) is 0 Å². The van der Waals surface area contributed by atoms with Gasteiger partial charge in [-0.15, -0.1) is 0 Å². The smallest absolute Gasteiger partial charge is 0.315 e. The maximum atomic E-state index is 11.9. The van der Waals surface area contributed by atoms with Crippen LogP contribution in [0.15, 0.2) is 22.7 Å². The maximum Gasteiger partial charge on any atom is 0.315 e. The quantitative estimate of drug-likeness (QED) is 0.666. The van der Waals surface area contributed by atoms with Gasteiger partial charge in [0.05, 0.1) is 14.2 Å². The Kier molecular flexibility index (Phi) is 7.25. The fourth-order valence-electron chi connectivity index (χ4n) is 2.28. The topological polar surface area (TPSA) is 98.5 Å². The highest BCUT2D eigenvalue weighted by Crippen LogP contribution is 2.27. The van der Waals surface area contributed by atoms with Gasteiger partial charge in [0.25, 0.3) is 0 Å². The molecular weight excluding hydrogens is 336 g/mol. The van der Waals surface area contributed by atoms with Crippen LogP contribution in [-0.2, 0) is 13.0 Å². The Morgan fingerprint density at radius 1 is 1.19 bits per heavy atom. The molecule has 0 unspecified atom stereocenters. The van der Waals surface area contributed by atoms with Gasteiger partial charge in [0.2, 0.25) is 5.89 Å². The lowest BCUT2D eigenvalue weighted by atomic mass is 10.2. The van der Waals surface area contributed by atoms with E-state index in [0.29, 0.717) is 42.7 Å². The molecule has 142 valence electrons. The minimum atomic E-state index is -0.229. The second kappa shape index (κ2) is 9.65. The van der Waals surface area contributed by atoms with E-state index in [1.54, 1.807) is 14.2 Å². The molecule has 0 aliphatic heterocycles. The summed E-state index contributed by atoms with van der Waals surface area (Å²) in [4.78, 5) is 16.2. The number of rotatable bonds is 9. The van der Waals surface area contributed by atoms with Crippen LogP contribution in [0.2, 0.25) is 0 Å². The number of carbonyl (C=O) groups excluding carboxylic acids is 1. The van der Waals surface area contributed by atoms with E-state index in [1.165, 1.54) is 0 Å². The number of aromatic nitrogens is 2. The van der Waals surface area contributed by atoms with Crippen molar-refractivity contribution in [3.63, 3.8) is 0 Å². The normalized spacial score (nSPS) is 10.7. The number of urea groups is 1. The van der Waals surface area contributed by atoms with Crippen molar-refractivity contribution in [2.24, 2.45) is 0 Å². The zero-order chi connectivity index (χ0) is 18.9. The summed E-state index contributed by atoms with van der Waals surface area (Å²) >= 11 is 0. The minimum absolute atomic E-state index is 0.229. The molecule has 1 aromatic heterocycles. The Balaban J connectivity index is 1.68. The molecule has 2 amide bonds. The summed E-state index contributed by atoms with van der Waals surface area (Å²) in [6.45, 7) is 4.95. The highest BCUT2D eigenvalue weighted by Gasteiger charge is 2.09. The third kappa shape index (κ3) is 5.65. The number of ether oxygens (including phenoxy) is 2. The van der Waals surface area contributed by atoms with Crippen LogP contribution in [0.3, 0.4) is 0 Å². The van der Waals surface area contributed by atoms with E-state index in [4.69, 9.17) is 14.0 Å². The van der Waals surface area contributed by atoms with Gasteiger partial charge in [-0.25, -0.2) is 4.79 Å². The summed E-state index contributed by atoms with van der Waals surface area (Å²) in [6.07, 6.45) is 1.36. The molecule has 8 nitrogen and oxygen atoms in total. The summed E-state index contributed by atoms with van der Waals surface area (Å²) in [5.41, 5.74) is 0.921. The molecule has 0 saturated heterocycles. The molecule has 8 heteroatoms. The molecule has 0 aliphatic rings. The van der Waals surface area contributed by atoms with Crippen LogP contribution >= 0.6 is 0 Å². The second-order valence-electron chi connectivity index (χ2n) is 6.10. The fraction of sp³-hybridized carbons (Fsp3) is 0.500. The van der Waals surface area contributed by atoms with E-state index in [9.17, 15) is 4.79 Å². The number of aryl methyl sites for hydroxylation is 1. The predicted molar refractivity (Wildman–Crippen MR) is 96.5 cm³/mol. The number of amides is 2. The first-order chi connectivity index (χ1) is 12.5. The number of hydrogen-bond acceptors (Lipinski definition) is 6. The lowest BCUT2D eigenvalue weighted by molar-refractivity contribution is 0.240. The molecular formula is C18H26N4O4. The van der Waals surface area contributed by atoms with E-state index in [2.05, 4.69) is 20.8 Å².